The molecule has 0 radical (unpaired) electrons. The summed E-state index contributed by atoms with van der Waals surface area (Å²) < 4.78 is 32.5. The normalized spacial score (nSPS) is 11.2. The summed E-state index contributed by atoms with van der Waals surface area (Å²) >= 11 is 6.01. The van der Waals surface area contributed by atoms with Crippen molar-refractivity contribution >= 4 is 27.3 Å². The molecule has 0 amide bonds. The zero-order valence-corrected chi connectivity index (χ0v) is 13.5. The maximum absolute atomic E-state index is 12.4. The van der Waals surface area contributed by atoms with E-state index in [0.29, 0.717) is 16.5 Å². The molecule has 0 heterocycles. The zero-order valence-electron chi connectivity index (χ0n) is 12.0. The lowest BCUT2D eigenvalue weighted by Gasteiger charge is -2.13. The van der Waals surface area contributed by atoms with Crippen LogP contribution in [0.5, 0.6) is 5.75 Å². The molecule has 0 atom stereocenters. The number of sulfonamides is 1. The van der Waals surface area contributed by atoms with Gasteiger partial charge >= 0.3 is 0 Å². The highest BCUT2D eigenvalue weighted by atomic mass is 35.5. The van der Waals surface area contributed by atoms with Crippen LogP contribution >= 0.6 is 11.6 Å². The van der Waals surface area contributed by atoms with E-state index in [1.54, 1.807) is 43.3 Å². The summed E-state index contributed by atoms with van der Waals surface area (Å²) in [5.41, 5.74) is 2.12. The van der Waals surface area contributed by atoms with Crippen molar-refractivity contribution in [2.45, 2.75) is 18.7 Å². The number of aryl methyl sites for hydroxylation is 2. The van der Waals surface area contributed by atoms with E-state index < -0.39 is 10.0 Å². The Morgan fingerprint density at radius 1 is 1.10 bits per heavy atom. The molecule has 0 aromatic heterocycles. The molecule has 0 saturated carbocycles. The highest BCUT2D eigenvalue weighted by Crippen LogP contribution is 2.32. The largest absolute Gasteiger partial charge is 0.495 e. The Bertz CT molecular complexity index is 755. The van der Waals surface area contributed by atoms with E-state index in [4.69, 9.17) is 16.3 Å². The number of anilines is 1. The fraction of sp³-hybridized carbons (Fsp3) is 0.200. The fourth-order valence-electron chi connectivity index (χ4n) is 1.83. The first kappa shape index (κ1) is 15.7. The monoisotopic (exact) mass is 325 g/mol. The third-order valence-electron chi connectivity index (χ3n) is 3.06. The van der Waals surface area contributed by atoms with Crippen LogP contribution in [0.4, 0.5) is 5.69 Å². The molecule has 2 aromatic rings. The molecule has 0 aliphatic rings. The van der Waals surface area contributed by atoms with Crippen molar-refractivity contribution in [3.05, 3.63) is 52.5 Å². The molecular weight excluding hydrogens is 310 g/mol. The minimum Gasteiger partial charge on any atom is -0.495 e. The number of methoxy groups -OCH3 is 1. The number of halogens is 1. The van der Waals surface area contributed by atoms with Gasteiger partial charge in [-0.2, -0.15) is 0 Å². The van der Waals surface area contributed by atoms with E-state index in [-0.39, 0.29) is 4.90 Å². The van der Waals surface area contributed by atoms with Crippen molar-refractivity contribution in [3.8, 4) is 5.75 Å². The van der Waals surface area contributed by atoms with E-state index in [0.717, 1.165) is 11.1 Å². The van der Waals surface area contributed by atoms with E-state index >= 15 is 0 Å². The summed E-state index contributed by atoms with van der Waals surface area (Å²) in [4.78, 5) is 0.197. The second-order valence-electron chi connectivity index (χ2n) is 4.72. The molecule has 0 fully saturated rings. The predicted molar refractivity (Wildman–Crippen MR) is 84.7 cm³/mol. The Hall–Kier alpha value is -1.72. The van der Waals surface area contributed by atoms with Crippen LogP contribution in [0.3, 0.4) is 0 Å². The first-order valence-corrected chi connectivity index (χ1v) is 8.13. The molecule has 112 valence electrons. The summed E-state index contributed by atoms with van der Waals surface area (Å²) in [7, 11) is -2.20. The molecule has 4 nitrogen and oxygen atoms in total. The van der Waals surface area contributed by atoms with Crippen LogP contribution in [0, 0.1) is 13.8 Å². The standard InChI is InChI=1S/C15H16ClNO3S/c1-10-4-6-12(7-5-10)21(18,19)17-14-8-11(2)13(16)9-15(14)20-3/h4-9,17H,1-3H3. The summed E-state index contributed by atoms with van der Waals surface area (Å²) in [6.45, 7) is 3.70. The lowest BCUT2D eigenvalue weighted by molar-refractivity contribution is 0.417. The number of hydrogen-bond donors (Lipinski definition) is 1. The van der Waals surface area contributed by atoms with Crippen LogP contribution in [-0.2, 0) is 10.0 Å². The van der Waals surface area contributed by atoms with Gasteiger partial charge in [-0.1, -0.05) is 29.3 Å². The Morgan fingerprint density at radius 2 is 1.71 bits per heavy atom. The average Bonchev–Trinajstić information content (AvgIpc) is 2.42. The van der Waals surface area contributed by atoms with E-state index in [2.05, 4.69) is 4.72 Å². The van der Waals surface area contributed by atoms with Crippen molar-refractivity contribution < 1.29 is 13.2 Å². The molecule has 0 bridgehead atoms. The van der Waals surface area contributed by atoms with Gasteiger partial charge in [0.05, 0.1) is 17.7 Å². The van der Waals surface area contributed by atoms with Gasteiger partial charge in [0.15, 0.2) is 0 Å². The molecule has 0 spiro atoms. The van der Waals surface area contributed by atoms with Gasteiger partial charge in [-0.3, -0.25) is 4.72 Å². The van der Waals surface area contributed by atoms with Gasteiger partial charge in [-0.25, -0.2) is 8.42 Å². The molecule has 1 N–H and O–H groups in total. The summed E-state index contributed by atoms with van der Waals surface area (Å²) in [5, 5.41) is 0.519. The zero-order chi connectivity index (χ0) is 15.6. The molecule has 6 heteroatoms. The van der Waals surface area contributed by atoms with Crippen molar-refractivity contribution in [1.29, 1.82) is 0 Å². The van der Waals surface area contributed by atoms with E-state index in [1.165, 1.54) is 7.11 Å². The third kappa shape index (κ3) is 3.49. The van der Waals surface area contributed by atoms with Crippen molar-refractivity contribution in [1.82, 2.24) is 0 Å². The van der Waals surface area contributed by atoms with Gasteiger partial charge < -0.3 is 4.74 Å². The Morgan fingerprint density at radius 3 is 2.29 bits per heavy atom. The summed E-state index contributed by atoms with van der Waals surface area (Å²) in [6, 6.07) is 9.86. The smallest absolute Gasteiger partial charge is 0.262 e. The first-order valence-electron chi connectivity index (χ1n) is 6.27. The highest BCUT2D eigenvalue weighted by Gasteiger charge is 2.17. The van der Waals surface area contributed by atoms with Crippen LogP contribution in [0.25, 0.3) is 0 Å². The van der Waals surface area contributed by atoms with E-state index in [9.17, 15) is 8.42 Å². The quantitative estimate of drug-likeness (QED) is 0.931. The highest BCUT2D eigenvalue weighted by molar-refractivity contribution is 7.92. The van der Waals surface area contributed by atoms with Gasteiger partial charge in [0.25, 0.3) is 10.0 Å². The van der Waals surface area contributed by atoms with Gasteiger partial charge in [-0.15, -0.1) is 0 Å². The van der Waals surface area contributed by atoms with Gasteiger partial charge in [0, 0.05) is 11.1 Å². The second kappa shape index (κ2) is 5.95. The lowest BCUT2D eigenvalue weighted by atomic mass is 10.2. The molecule has 2 aromatic carbocycles. The molecule has 21 heavy (non-hydrogen) atoms. The molecule has 0 aliphatic carbocycles. The molecular formula is C15H16ClNO3S. The van der Waals surface area contributed by atoms with Crippen LogP contribution in [-0.4, -0.2) is 15.5 Å². The second-order valence-corrected chi connectivity index (χ2v) is 6.81. The van der Waals surface area contributed by atoms with Crippen molar-refractivity contribution in [3.63, 3.8) is 0 Å². The van der Waals surface area contributed by atoms with Gasteiger partial charge in [0.1, 0.15) is 5.75 Å². The molecule has 2 rings (SSSR count). The lowest BCUT2D eigenvalue weighted by Crippen LogP contribution is -2.13. The Labute approximate surface area is 129 Å². The minimum atomic E-state index is -3.67. The fourth-order valence-corrected chi connectivity index (χ4v) is 3.05. The third-order valence-corrected chi connectivity index (χ3v) is 4.84. The summed E-state index contributed by atoms with van der Waals surface area (Å²) in [5.74, 6) is 0.376. The topological polar surface area (TPSA) is 55.4 Å². The number of ether oxygens (including phenoxy) is 1. The predicted octanol–water partition coefficient (Wildman–Crippen LogP) is 3.77. The van der Waals surface area contributed by atoms with Gasteiger partial charge in [-0.05, 0) is 37.6 Å². The molecule has 0 unspecified atom stereocenters. The Balaban J connectivity index is 2.41. The van der Waals surface area contributed by atoms with E-state index in [1.807, 2.05) is 6.92 Å². The molecule has 0 aliphatic heterocycles. The SMILES string of the molecule is COc1cc(Cl)c(C)cc1NS(=O)(=O)c1ccc(C)cc1. The molecule has 0 saturated heterocycles. The first-order chi connectivity index (χ1) is 9.83. The maximum Gasteiger partial charge on any atom is 0.262 e. The number of nitrogens with one attached hydrogen (secondary N) is 1. The van der Waals surface area contributed by atoms with Crippen LogP contribution < -0.4 is 9.46 Å². The number of hydrogen-bond acceptors (Lipinski definition) is 3. The van der Waals surface area contributed by atoms with Crippen molar-refractivity contribution in [2.75, 3.05) is 11.8 Å². The summed E-state index contributed by atoms with van der Waals surface area (Å²) in [6.07, 6.45) is 0. The minimum absolute atomic E-state index is 0.197. The van der Waals surface area contributed by atoms with Crippen LogP contribution in [0.1, 0.15) is 11.1 Å². The van der Waals surface area contributed by atoms with Crippen LogP contribution in [0.15, 0.2) is 41.3 Å². The number of benzene rings is 2. The maximum atomic E-state index is 12.4. The van der Waals surface area contributed by atoms with Crippen molar-refractivity contribution in [2.24, 2.45) is 0 Å². The Kier molecular flexibility index (Phi) is 4.44. The average molecular weight is 326 g/mol. The number of rotatable bonds is 4. The van der Waals surface area contributed by atoms with Crippen LogP contribution in [0.2, 0.25) is 5.02 Å². The van der Waals surface area contributed by atoms with Gasteiger partial charge in [0.2, 0.25) is 0 Å².